The smallest absolute Gasteiger partial charge is 0.311 e. The fourth-order valence-corrected chi connectivity index (χ4v) is 2.23. The molecule has 0 amide bonds. The number of carbonyl (C=O) groups excluding carboxylic acids is 1. The lowest BCUT2D eigenvalue weighted by molar-refractivity contribution is -0.137. The Morgan fingerprint density at radius 3 is 2.23 bits per heavy atom. The number of hydrogen-bond donors (Lipinski definition) is 0. The maximum Gasteiger partial charge on any atom is 0.311 e. The average Bonchev–Trinajstić information content (AvgIpc) is 2.61. The van der Waals surface area contributed by atoms with E-state index in [1.807, 2.05) is 13.8 Å². The summed E-state index contributed by atoms with van der Waals surface area (Å²) in [4.78, 5) is 11.9. The van der Waals surface area contributed by atoms with Crippen molar-refractivity contribution in [2.45, 2.75) is 65.4 Å². The first-order valence-corrected chi connectivity index (χ1v) is 8.81. The molecule has 0 heterocycles. The van der Waals surface area contributed by atoms with Gasteiger partial charge in [-0.25, -0.2) is 8.78 Å². The number of esters is 1. The second-order valence-electron chi connectivity index (χ2n) is 6.73. The van der Waals surface area contributed by atoms with Crippen molar-refractivity contribution in [1.82, 2.24) is 0 Å². The summed E-state index contributed by atoms with van der Waals surface area (Å²) in [5, 5.41) is 0. The van der Waals surface area contributed by atoms with E-state index in [4.69, 9.17) is 4.74 Å². The number of halogens is 4. The van der Waals surface area contributed by atoms with Crippen molar-refractivity contribution in [1.29, 1.82) is 0 Å². The third-order valence-corrected chi connectivity index (χ3v) is 4.65. The van der Waals surface area contributed by atoms with Crippen molar-refractivity contribution in [3.05, 3.63) is 29.3 Å². The summed E-state index contributed by atoms with van der Waals surface area (Å²) in [6.07, 6.45) is 2.60. The van der Waals surface area contributed by atoms with Crippen molar-refractivity contribution in [2.75, 3.05) is 6.61 Å². The molecule has 0 bridgehead atoms. The van der Waals surface area contributed by atoms with Gasteiger partial charge in [0, 0.05) is 19.1 Å². The first-order chi connectivity index (χ1) is 12.1. The maximum absolute atomic E-state index is 13.5. The molecule has 2 atom stereocenters. The molecule has 148 valence electrons. The summed E-state index contributed by atoms with van der Waals surface area (Å²) < 4.78 is 63.7. The molecule has 2 unspecified atom stereocenters. The molecule has 1 rings (SSSR count). The Kier molecular flexibility index (Phi) is 8.53. The lowest BCUT2D eigenvalue weighted by Crippen LogP contribution is -2.30. The Hall–Kier alpha value is -1.63. The van der Waals surface area contributed by atoms with Gasteiger partial charge in [0.25, 0.3) is 0 Å². The summed E-state index contributed by atoms with van der Waals surface area (Å²) in [7, 11) is 0. The molecule has 0 N–H and O–H groups in total. The van der Waals surface area contributed by atoms with Crippen LogP contribution >= 0.6 is 0 Å². The van der Waals surface area contributed by atoms with E-state index in [1.165, 1.54) is 0 Å². The lowest BCUT2D eigenvalue weighted by atomic mass is 9.96. The summed E-state index contributed by atoms with van der Waals surface area (Å²) in [6.45, 7) is 8.47. The van der Waals surface area contributed by atoms with Crippen molar-refractivity contribution < 1.29 is 31.8 Å². The highest BCUT2D eigenvalue weighted by atomic mass is 19.2. The van der Waals surface area contributed by atoms with Gasteiger partial charge in [-0.2, -0.15) is 8.78 Å². The molecule has 0 aliphatic rings. The van der Waals surface area contributed by atoms with Gasteiger partial charge in [0.05, 0.1) is 5.60 Å². The van der Waals surface area contributed by atoms with Gasteiger partial charge in [0.1, 0.15) is 0 Å². The van der Waals surface area contributed by atoms with Crippen LogP contribution in [0.3, 0.4) is 0 Å². The molecule has 0 fully saturated rings. The van der Waals surface area contributed by atoms with Crippen LogP contribution in [-0.4, -0.2) is 18.2 Å². The average molecular weight is 378 g/mol. The Morgan fingerprint density at radius 1 is 1.15 bits per heavy atom. The lowest BCUT2D eigenvalue weighted by Gasteiger charge is -2.29. The van der Waals surface area contributed by atoms with Crippen LogP contribution in [0.25, 0.3) is 0 Å². The first-order valence-electron chi connectivity index (χ1n) is 8.81. The molecular formula is C19H26F4O3. The van der Waals surface area contributed by atoms with E-state index in [-0.39, 0.29) is 18.9 Å². The molecule has 3 nitrogen and oxygen atoms in total. The van der Waals surface area contributed by atoms with Crippen molar-refractivity contribution in [2.24, 2.45) is 5.92 Å². The largest absolute Gasteiger partial charge is 0.420 e. The zero-order valence-corrected chi connectivity index (χ0v) is 15.6. The van der Waals surface area contributed by atoms with Crippen LogP contribution in [0.15, 0.2) is 6.07 Å². The highest BCUT2D eigenvalue weighted by molar-refractivity contribution is 5.72. The van der Waals surface area contributed by atoms with Gasteiger partial charge >= 0.3 is 5.97 Å². The van der Waals surface area contributed by atoms with Crippen LogP contribution in [0.2, 0.25) is 0 Å². The minimum Gasteiger partial charge on any atom is -0.420 e. The molecule has 0 aliphatic carbocycles. The Balaban J connectivity index is 2.65. The van der Waals surface area contributed by atoms with E-state index in [0.29, 0.717) is 18.9 Å². The molecule has 0 spiro atoms. The SMILES string of the molecule is CCC(C)CCOC(C)(CC)CCC(=O)Oc1c(F)c(F)cc(F)c1F. The summed E-state index contributed by atoms with van der Waals surface area (Å²) in [6, 6.07) is 0.0568. The van der Waals surface area contributed by atoms with Crippen LogP contribution in [0, 0.1) is 29.2 Å². The number of ether oxygens (including phenoxy) is 2. The molecule has 0 radical (unpaired) electrons. The van der Waals surface area contributed by atoms with Crippen LogP contribution in [0.1, 0.15) is 59.8 Å². The second-order valence-corrected chi connectivity index (χ2v) is 6.73. The van der Waals surface area contributed by atoms with E-state index < -0.39 is 40.6 Å². The van der Waals surface area contributed by atoms with E-state index >= 15 is 0 Å². The molecule has 1 aromatic carbocycles. The van der Waals surface area contributed by atoms with Gasteiger partial charge < -0.3 is 9.47 Å². The zero-order chi connectivity index (χ0) is 19.9. The Bertz CT molecular complexity index is 595. The molecule has 0 aliphatic heterocycles. The Morgan fingerprint density at radius 2 is 1.73 bits per heavy atom. The molecule has 7 heteroatoms. The van der Waals surface area contributed by atoms with E-state index in [2.05, 4.69) is 18.6 Å². The van der Waals surface area contributed by atoms with Gasteiger partial charge in [-0.1, -0.05) is 27.2 Å². The van der Waals surface area contributed by atoms with Crippen LogP contribution in [0.5, 0.6) is 5.75 Å². The van der Waals surface area contributed by atoms with Crippen LogP contribution in [-0.2, 0) is 9.53 Å². The van der Waals surface area contributed by atoms with Gasteiger partial charge in [-0.3, -0.25) is 4.79 Å². The van der Waals surface area contributed by atoms with Crippen LogP contribution in [0.4, 0.5) is 17.6 Å². The van der Waals surface area contributed by atoms with Crippen molar-refractivity contribution >= 4 is 5.97 Å². The zero-order valence-electron chi connectivity index (χ0n) is 15.6. The highest BCUT2D eigenvalue weighted by Crippen LogP contribution is 2.28. The van der Waals surface area contributed by atoms with Gasteiger partial charge in [0.15, 0.2) is 11.6 Å². The number of rotatable bonds is 10. The summed E-state index contributed by atoms with van der Waals surface area (Å²) in [5.74, 6) is -8.55. The predicted molar refractivity (Wildman–Crippen MR) is 89.9 cm³/mol. The van der Waals surface area contributed by atoms with Crippen LogP contribution < -0.4 is 4.74 Å². The normalized spacial score (nSPS) is 14.8. The van der Waals surface area contributed by atoms with E-state index in [1.54, 1.807) is 0 Å². The molecule has 0 saturated heterocycles. The van der Waals surface area contributed by atoms with Gasteiger partial charge in [-0.05, 0) is 32.1 Å². The van der Waals surface area contributed by atoms with E-state index in [9.17, 15) is 22.4 Å². The highest BCUT2D eigenvalue weighted by Gasteiger charge is 2.27. The topological polar surface area (TPSA) is 35.5 Å². The third kappa shape index (κ3) is 6.27. The number of benzene rings is 1. The minimum atomic E-state index is -1.74. The monoisotopic (exact) mass is 378 g/mol. The fraction of sp³-hybridized carbons (Fsp3) is 0.632. The third-order valence-electron chi connectivity index (χ3n) is 4.65. The molecular weight excluding hydrogens is 352 g/mol. The number of hydrogen-bond acceptors (Lipinski definition) is 3. The predicted octanol–water partition coefficient (Wildman–Crippen LogP) is 5.55. The first kappa shape index (κ1) is 22.4. The molecule has 1 aromatic rings. The molecule has 0 aromatic heterocycles. The van der Waals surface area contributed by atoms with Gasteiger partial charge in [-0.15, -0.1) is 0 Å². The minimum absolute atomic E-state index is 0.0568. The van der Waals surface area contributed by atoms with Crippen molar-refractivity contribution in [3.8, 4) is 5.75 Å². The molecule has 26 heavy (non-hydrogen) atoms. The second kappa shape index (κ2) is 9.90. The molecule has 0 saturated carbocycles. The Labute approximate surface area is 151 Å². The van der Waals surface area contributed by atoms with Gasteiger partial charge in [0.2, 0.25) is 17.4 Å². The van der Waals surface area contributed by atoms with E-state index in [0.717, 1.165) is 12.8 Å². The fourth-order valence-electron chi connectivity index (χ4n) is 2.23. The quantitative estimate of drug-likeness (QED) is 0.232. The summed E-state index contributed by atoms with van der Waals surface area (Å²) >= 11 is 0. The standard InChI is InChI=1S/C19H26F4O3/c1-5-12(3)8-10-25-19(4,6-2)9-7-15(24)26-18-16(22)13(20)11-14(21)17(18)23/h11-12H,5-10H2,1-4H3. The number of carbonyl (C=O) groups is 1. The van der Waals surface area contributed by atoms with Crippen molar-refractivity contribution in [3.63, 3.8) is 0 Å². The summed E-state index contributed by atoms with van der Waals surface area (Å²) in [5.41, 5.74) is -0.600. The maximum atomic E-state index is 13.5.